The average Bonchev–Trinajstić information content (AvgIpc) is 3.15. The number of furan rings is 1. The van der Waals surface area contributed by atoms with Gasteiger partial charge in [0.15, 0.2) is 5.76 Å². The van der Waals surface area contributed by atoms with Gasteiger partial charge in [-0.15, -0.1) is 0 Å². The molecule has 1 atom stereocenters. The molecule has 1 N–H and O–H groups in total. The number of carbonyl (C=O) groups excluding carboxylic acids is 1. The van der Waals surface area contributed by atoms with E-state index < -0.39 is 6.10 Å². The highest BCUT2D eigenvalue weighted by Gasteiger charge is 2.29. The summed E-state index contributed by atoms with van der Waals surface area (Å²) in [6.45, 7) is 2.91. The summed E-state index contributed by atoms with van der Waals surface area (Å²) in [4.78, 5) is 14.6. The van der Waals surface area contributed by atoms with Crippen molar-refractivity contribution in [3.05, 3.63) is 88.9 Å². The molecule has 0 radical (unpaired) electrons. The number of benzene rings is 2. The monoisotopic (exact) mass is 363 g/mol. The van der Waals surface area contributed by atoms with Crippen molar-refractivity contribution in [2.75, 3.05) is 6.54 Å². The fourth-order valence-electron chi connectivity index (χ4n) is 3.33. The predicted octanol–water partition coefficient (Wildman–Crippen LogP) is 3.86. The highest BCUT2D eigenvalue weighted by Crippen LogP contribution is 2.28. The second-order valence-electron chi connectivity index (χ2n) is 6.76. The van der Waals surface area contributed by atoms with Crippen molar-refractivity contribution in [2.24, 2.45) is 0 Å². The van der Waals surface area contributed by atoms with Gasteiger partial charge in [-0.1, -0.05) is 42.0 Å². The normalized spacial score (nSPS) is 16.1. The van der Waals surface area contributed by atoms with Crippen LogP contribution in [0.2, 0.25) is 0 Å². The Morgan fingerprint density at radius 2 is 1.96 bits per heavy atom. The average molecular weight is 363 g/mol. The molecule has 1 aliphatic heterocycles. The summed E-state index contributed by atoms with van der Waals surface area (Å²) >= 11 is 0. The van der Waals surface area contributed by atoms with E-state index in [2.05, 4.69) is 0 Å². The highest BCUT2D eigenvalue weighted by molar-refractivity contribution is 5.95. The molecule has 0 saturated carbocycles. The molecule has 2 aromatic carbocycles. The lowest BCUT2D eigenvalue weighted by atomic mass is 9.97. The molecule has 0 saturated heterocycles. The zero-order valence-electron chi connectivity index (χ0n) is 15.1. The van der Waals surface area contributed by atoms with Gasteiger partial charge in [0.2, 0.25) is 0 Å². The summed E-state index contributed by atoms with van der Waals surface area (Å²) in [5.41, 5.74) is 3.47. The van der Waals surface area contributed by atoms with Crippen LogP contribution in [-0.4, -0.2) is 22.5 Å². The van der Waals surface area contributed by atoms with E-state index in [-0.39, 0.29) is 19.1 Å². The molecule has 1 amide bonds. The summed E-state index contributed by atoms with van der Waals surface area (Å²) < 4.78 is 11.2. The van der Waals surface area contributed by atoms with Crippen molar-refractivity contribution in [3.8, 4) is 5.75 Å². The lowest BCUT2D eigenvalue weighted by Crippen LogP contribution is -2.38. The molecule has 1 unspecified atom stereocenters. The standard InChI is InChI=1S/C22H21NO4/c1-15-6-8-17(9-7-15)27-14-21-19(10-11-26-21)22(25)23-12-16-4-2-3-5-18(16)20(24)13-23/h2-11,20,24H,12-14H2,1H3. The fraction of sp³-hybridized carbons (Fsp3) is 0.227. The predicted molar refractivity (Wildman–Crippen MR) is 100 cm³/mol. The molecular weight excluding hydrogens is 342 g/mol. The van der Waals surface area contributed by atoms with Crippen LogP contribution in [0, 0.1) is 6.92 Å². The molecular formula is C22H21NO4. The van der Waals surface area contributed by atoms with Gasteiger partial charge in [-0.2, -0.15) is 0 Å². The molecule has 5 heteroatoms. The number of carbonyl (C=O) groups is 1. The number of aliphatic hydroxyl groups is 1. The third-order valence-electron chi connectivity index (χ3n) is 4.82. The Morgan fingerprint density at radius 3 is 2.78 bits per heavy atom. The number of ether oxygens (including phenoxy) is 1. The fourth-order valence-corrected chi connectivity index (χ4v) is 3.33. The van der Waals surface area contributed by atoms with Gasteiger partial charge >= 0.3 is 0 Å². The van der Waals surface area contributed by atoms with Gasteiger partial charge in [0.1, 0.15) is 12.4 Å². The van der Waals surface area contributed by atoms with Gasteiger partial charge in [-0.25, -0.2) is 0 Å². The van der Waals surface area contributed by atoms with E-state index in [0.29, 0.717) is 17.9 Å². The number of amides is 1. The Hall–Kier alpha value is -3.05. The maximum atomic E-state index is 13.0. The first-order valence-electron chi connectivity index (χ1n) is 8.93. The first kappa shape index (κ1) is 17.4. The van der Waals surface area contributed by atoms with E-state index in [9.17, 15) is 9.90 Å². The van der Waals surface area contributed by atoms with Gasteiger partial charge in [0.05, 0.1) is 24.5 Å². The molecule has 3 aromatic rings. The van der Waals surface area contributed by atoms with Gasteiger partial charge < -0.3 is 19.2 Å². The molecule has 27 heavy (non-hydrogen) atoms. The van der Waals surface area contributed by atoms with Crippen molar-refractivity contribution >= 4 is 5.91 Å². The van der Waals surface area contributed by atoms with Crippen LogP contribution in [0.25, 0.3) is 0 Å². The smallest absolute Gasteiger partial charge is 0.257 e. The first-order chi connectivity index (χ1) is 13.1. The molecule has 0 bridgehead atoms. The minimum absolute atomic E-state index is 0.167. The van der Waals surface area contributed by atoms with Gasteiger partial charge in [-0.3, -0.25) is 4.79 Å². The first-order valence-corrected chi connectivity index (χ1v) is 8.93. The summed E-state index contributed by atoms with van der Waals surface area (Å²) in [7, 11) is 0. The van der Waals surface area contributed by atoms with Gasteiger partial charge in [0.25, 0.3) is 5.91 Å². The molecule has 138 valence electrons. The molecule has 2 heterocycles. The number of nitrogens with zero attached hydrogens (tertiary/aromatic N) is 1. The molecule has 1 aromatic heterocycles. The number of aliphatic hydroxyl groups excluding tert-OH is 1. The Morgan fingerprint density at radius 1 is 1.19 bits per heavy atom. The van der Waals surface area contributed by atoms with E-state index in [1.165, 1.54) is 6.26 Å². The quantitative estimate of drug-likeness (QED) is 0.765. The maximum Gasteiger partial charge on any atom is 0.257 e. The Bertz CT molecular complexity index is 945. The number of β-amino-alcohol motifs (C(OH)–C–C–N with tert-alkyl or cyclic N) is 1. The second kappa shape index (κ2) is 7.29. The van der Waals surface area contributed by atoms with Crippen molar-refractivity contribution in [2.45, 2.75) is 26.2 Å². The highest BCUT2D eigenvalue weighted by atomic mass is 16.5. The minimum atomic E-state index is -0.682. The zero-order valence-corrected chi connectivity index (χ0v) is 15.1. The van der Waals surface area contributed by atoms with Crippen LogP contribution in [0.5, 0.6) is 5.75 Å². The van der Waals surface area contributed by atoms with Crippen molar-refractivity contribution in [3.63, 3.8) is 0 Å². The summed E-state index contributed by atoms with van der Waals surface area (Å²) in [6.07, 6.45) is 0.813. The lowest BCUT2D eigenvalue weighted by molar-refractivity contribution is 0.0546. The topological polar surface area (TPSA) is 62.9 Å². The van der Waals surface area contributed by atoms with Gasteiger partial charge in [-0.05, 0) is 36.2 Å². The maximum absolute atomic E-state index is 13.0. The molecule has 0 fully saturated rings. The van der Waals surface area contributed by atoms with Crippen LogP contribution in [0.15, 0.2) is 65.3 Å². The minimum Gasteiger partial charge on any atom is -0.486 e. The second-order valence-corrected chi connectivity index (χ2v) is 6.76. The Labute approximate surface area is 157 Å². The molecule has 1 aliphatic rings. The number of aryl methyl sites for hydroxylation is 1. The van der Waals surface area contributed by atoms with E-state index >= 15 is 0 Å². The summed E-state index contributed by atoms with van der Waals surface area (Å²) in [5, 5.41) is 10.4. The van der Waals surface area contributed by atoms with Crippen LogP contribution in [0.1, 0.15) is 38.9 Å². The van der Waals surface area contributed by atoms with Crippen molar-refractivity contribution in [1.29, 1.82) is 0 Å². The number of hydrogen-bond acceptors (Lipinski definition) is 4. The third-order valence-corrected chi connectivity index (χ3v) is 4.82. The van der Waals surface area contributed by atoms with E-state index in [0.717, 1.165) is 22.4 Å². The van der Waals surface area contributed by atoms with Crippen LogP contribution in [0.4, 0.5) is 0 Å². The lowest BCUT2D eigenvalue weighted by Gasteiger charge is -2.32. The largest absolute Gasteiger partial charge is 0.486 e. The Balaban J connectivity index is 1.49. The van der Waals surface area contributed by atoms with E-state index in [4.69, 9.17) is 9.15 Å². The number of fused-ring (bicyclic) bond motifs is 1. The molecule has 0 spiro atoms. The van der Waals surface area contributed by atoms with Crippen LogP contribution >= 0.6 is 0 Å². The van der Waals surface area contributed by atoms with Crippen molar-refractivity contribution < 1.29 is 19.1 Å². The third kappa shape index (κ3) is 3.59. The number of rotatable bonds is 4. The van der Waals surface area contributed by atoms with E-state index in [1.54, 1.807) is 11.0 Å². The van der Waals surface area contributed by atoms with Crippen LogP contribution in [-0.2, 0) is 13.2 Å². The van der Waals surface area contributed by atoms with Crippen molar-refractivity contribution in [1.82, 2.24) is 4.90 Å². The van der Waals surface area contributed by atoms with E-state index in [1.807, 2.05) is 55.5 Å². The van der Waals surface area contributed by atoms with Gasteiger partial charge in [0, 0.05) is 6.54 Å². The molecule has 0 aliphatic carbocycles. The van der Waals surface area contributed by atoms with Crippen LogP contribution < -0.4 is 4.74 Å². The summed E-state index contributed by atoms with van der Waals surface area (Å²) in [6, 6.07) is 17.0. The summed E-state index contributed by atoms with van der Waals surface area (Å²) in [5.74, 6) is 1.03. The van der Waals surface area contributed by atoms with Crippen LogP contribution in [0.3, 0.4) is 0 Å². The Kier molecular flexibility index (Phi) is 4.69. The SMILES string of the molecule is Cc1ccc(OCc2occc2C(=O)N2Cc3ccccc3C(O)C2)cc1. The molecule has 5 nitrogen and oxygen atoms in total. The molecule has 4 rings (SSSR count). The zero-order chi connectivity index (χ0) is 18.8. The number of hydrogen-bond donors (Lipinski definition) is 1.